The number of benzene rings is 2. The number of Topliss-reactive ketones (excluding diaryl/α,β-unsaturated/α-hetero) is 1. The Morgan fingerprint density at radius 3 is 2.45 bits per heavy atom. The van der Waals surface area contributed by atoms with Gasteiger partial charge in [0.1, 0.15) is 11.5 Å². The molecule has 1 saturated heterocycles. The van der Waals surface area contributed by atoms with E-state index in [1.165, 1.54) is 35.4 Å². The first-order valence-electron chi connectivity index (χ1n) is 10.1. The molecule has 1 amide bonds. The first-order chi connectivity index (χ1) is 15.9. The minimum atomic E-state index is -0.993. The molecule has 1 unspecified atom stereocenters. The van der Waals surface area contributed by atoms with Crippen LogP contribution in [0.1, 0.15) is 30.5 Å². The molecule has 1 fully saturated rings. The number of carbonyl (C=O) groups excluding carboxylic acids is 2. The number of nitro groups is 1. The van der Waals surface area contributed by atoms with Crippen LogP contribution in [0.15, 0.2) is 65.7 Å². The molecule has 9 nitrogen and oxygen atoms in total. The van der Waals surface area contributed by atoms with Crippen LogP contribution in [0, 0.1) is 10.1 Å². The van der Waals surface area contributed by atoms with Crippen LogP contribution in [-0.2, 0) is 9.59 Å². The van der Waals surface area contributed by atoms with Crippen molar-refractivity contribution in [3.63, 3.8) is 0 Å². The van der Waals surface area contributed by atoms with Crippen molar-refractivity contribution in [3.8, 4) is 5.75 Å². The molecular formula is C23H19N3O6S. The normalized spacial score (nSPS) is 17.4. The van der Waals surface area contributed by atoms with Gasteiger partial charge in [0.15, 0.2) is 5.13 Å². The molecule has 0 spiro atoms. The molecular weight excluding hydrogens is 446 g/mol. The van der Waals surface area contributed by atoms with Gasteiger partial charge >= 0.3 is 5.91 Å². The Morgan fingerprint density at radius 2 is 1.88 bits per heavy atom. The Labute approximate surface area is 192 Å². The van der Waals surface area contributed by atoms with E-state index in [4.69, 9.17) is 4.74 Å². The lowest BCUT2D eigenvalue weighted by Gasteiger charge is -2.22. The van der Waals surface area contributed by atoms with Gasteiger partial charge in [0, 0.05) is 29.3 Å². The Kier molecular flexibility index (Phi) is 6.18. The molecule has 1 aromatic heterocycles. The van der Waals surface area contributed by atoms with E-state index in [-0.39, 0.29) is 22.2 Å². The van der Waals surface area contributed by atoms with Crippen LogP contribution in [0.25, 0.3) is 5.76 Å². The van der Waals surface area contributed by atoms with Crippen molar-refractivity contribution in [1.29, 1.82) is 0 Å². The topological polar surface area (TPSA) is 123 Å². The highest BCUT2D eigenvalue weighted by molar-refractivity contribution is 7.14. The summed E-state index contributed by atoms with van der Waals surface area (Å²) >= 11 is 1.16. The number of ketones is 1. The van der Waals surface area contributed by atoms with Crippen molar-refractivity contribution < 1.29 is 24.4 Å². The monoisotopic (exact) mass is 465 g/mol. The molecule has 0 radical (unpaired) electrons. The van der Waals surface area contributed by atoms with E-state index in [2.05, 4.69) is 4.98 Å². The summed E-state index contributed by atoms with van der Waals surface area (Å²) in [6, 6.07) is 11.1. The highest BCUT2D eigenvalue weighted by atomic mass is 32.1. The highest BCUT2D eigenvalue weighted by Crippen LogP contribution is 2.43. The molecule has 168 valence electrons. The lowest BCUT2D eigenvalue weighted by atomic mass is 9.95. The molecule has 4 rings (SSSR count). The lowest BCUT2D eigenvalue weighted by molar-refractivity contribution is -0.384. The first-order valence-corrected chi connectivity index (χ1v) is 11.0. The summed E-state index contributed by atoms with van der Waals surface area (Å²) in [7, 11) is 0. The van der Waals surface area contributed by atoms with Crippen LogP contribution in [0.3, 0.4) is 0 Å². The molecule has 2 aromatic carbocycles. The van der Waals surface area contributed by atoms with Gasteiger partial charge in [0.25, 0.3) is 11.5 Å². The van der Waals surface area contributed by atoms with Gasteiger partial charge in [-0.05, 0) is 48.4 Å². The number of thiazole rings is 1. The number of aromatic nitrogens is 1. The van der Waals surface area contributed by atoms with Crippen molar-refractivity contribution in [2.75, 3.05) is 11.5 Å². The number of aliphatic hydroxyl groups excluding tert-OH is 1. The molecule has 0 saturated carbocycles. The second-order valence-corrected chi connectivity index (χ2v) is 8.08. The second-order valence-electron chi connectivity index (χ2n) is 7.21. The van der Waals surface area contributed by atoms with E-state index in [9.17, 15) is 24.8 Å². The summed E-state index contributed by atoms with van der Waals surface area (Å²) in [4.78, 5) is 41.9. The van der Waals surface area contributed by atoms with Crippen LogP contribution in [0.4, 0.5) is 10.8 Å². The molecule has 1 aliphatic rings. The van der Waals surface area contributed by atoms with Gasteiger partial charge in [-0.1, -0.05) is 6.92 Å². The highest BCUT2D eigenvalue weighted by Gasteiger charge is 2.48. The largest absolute Gasteiger partial charge is 0.507 e. The Bertz CT molecular complexity index is 1220. The average Bonchev–Trinajstić information content (AvgIpc) is 3.44. The number of ether oxygens (including phenoxy) is 1. The zero-order valence-electron chi connectivity index (χ0n) is 17.5. The number of nitrogens with zero attached hydrogens (tertiary/aromatic N) is 3. The van der Waals surface area contributed by atoms with Gasteiger partial charge in [-0.25, -0.2) is 4.98 Å². The van der Waals surface area contributed by atoms with Gasteiger partial charge in [-0.2, -0.15) is 0 Å². The summed E-state index contributed by atoms with van der Waals surface area (Å²) in [6.07, 6.45) is 2.35. The van der Waals surface area contributed by atoms with Gasteiger partial charge < -0.3 is 9.84 Å². The van der Waals surface area contributed by atoms with E-state index >= 15 is 0 Å². The SMILES string of the molecule is CCCOc1ccc(C(O)=C2C(=O)C(=O)N(c3nccs3)C2c2ccc([N+](=O)[O-])cc2)cc1. The quantitative estimate of drug-likeness (QED) is 0.180. The molecule has 1 atom stereocenters. The Hall–Kier alpha value is -4.05. The van der Waals surface area contributed by atoms with Gasteiger partial charge in [-0.3, -0.25) is 24.6 Å². The zero-order valence-corrected chi connectivity index (χ0v) is 18.3. The number of amides is 1. The van der Waals surface area contributed by atoms with Gasteiger partial charge in [-0.15, -0.1) is 11.3 Å². The number of hydrogen-bond acceptors (Lipinski definition) is 8. The van der Waals surface area contributed by atoms with Crippen LogP contribution < -0.4 is 9.64 Å². The van der Waals surface area contributed by atoms with E-state index in [0.29, 0.717) is 23.5 Å². The number of anilines is 1. The molecule has 2 heterocycles. The maximum Gasteiger partial charge on any atom is 0.301 e. The molecule has 1 N–H and O–H groups in total. The fourth-order valence-corrected chi connectivity index (χ4v) is 4.21. The Morgan fingerprint density at radius 1 is 1.18 bits per heavy atom. The van der Waals surface area contributed by atoms with Crippen LogP contribution in [-0.4, -0.2) is 33.3 Å². The number of nitro benzene ring substituents is 1. The molecule has 0 bridgehead atoms. The maximum absolute atomic E-state index is 13.0. The molecule has 10 heteroatoms. The van der Waals surface area contributed by atoms with E-state index in [0.717, 1.165) is 17.8 Å². The minimum Gasteiger partial charge on any atom is -0.507 e. The number of non-ortho nitro benzene ring substituents is 1. The minimum absolute atomic E-state index is 0.119. The number of rotatable bonds is 7. The number of carbonyl (C=O) groups is 2. The molecule has 33 heavy (non-hydrogen) atoms. The fourth-order valence-electron chi connectivity index (χ4n) is 3.54. The summed E-state index contributed by atoms with van der Waals surface area (Å²) < 4.78 is 5.55. The molecule has 1 aliphatic heterocycles. The smallest absolute Gasteiger partial charge is 0.301 e. The molecule has 3 aromatic rings. The van der Waals surface area contributed by atoms with Crippen molar-refractivity contribution >= 4 is 39.6 Å². The van der Waals surface area contributed by atoms with Crippen LogP contribution in [0.2, 0.25) is 0 Å². The van der Waals surface area contributed by atoms with Gasteiger partial charge in [0.2, 0.25) is 0 Å². The fraction of sp³-hybridized carbons (Fsp3) is 0.174. The third-order valence-corrected chi connectivity index (χ3v) is 5.86. The summed E-state index contributed by atoms with van der Waals surface area (Å²) in [6.45, 7) is 2.53. The van der Waals surface area contributed by atoms with Crippen molar-refractivity contribution in [1.82, 2.24) is 4.98 Å². The predicted octanol–water partition coefficient (Wildman–Crippen LogP) is 4.47. The van der Waals surface area contributed by atoms with E-state index < -0.39 is 22.7 Å². The number of aliphatic hydroxyl groups is 1. The molecule has 0 aliphatic carbocycles. The first kappa shape index (κ1) is 22.2. The summed E-state index contributed by atoms with van der Waals surface area (Å²) in [5.74, 6) is -1.43. The van der Waals surface area contributed by atoms with Crippen molar-refractivity contribution in [2.24, 2.45) is 0 Å². The van der Waals surface area contributed by atoms with E-state index in [1.807, 2.05) is 6.92 Å². The third kappa shape index (κ3) is 4.20. The summed E-state index contributed by atoms with van der Waals surface area (Å²) in [5.41, 5.74) is 0.515. The van der Waals surface area contributed by atoms with Crippen molar-refractivity contribution in [3.05, 3.63) is 86.9 Å². The maximum atomic E-state index is 13.0. The average molecular weight is 465 g/mol. The standard InChI is InChI=1S/C23H19N3O6S/c1-2-12-32-17-9-5-15(6-10-17)20(27)18-19(14-3-7-16(8-4-14)26(30)31)25(22(29)21(18)28)23-24-11-13-33-23/h3-11,13,19,27H,2,12H2,1H3. The van der Waals surface area contributed by atoms with Crippen LogP contribution in [0.5, 0.6) is 5.75 Å². The second kappa shape index (κ2) is 9.21. The Balaban J connectivity index is 1.82. The lowest BCUT2D eigenvalue weighted by Crippen LogP contribution is -2.29. The summed E-state index contributed by atoms with van der Waals surface area (Å²) in [5, 5.41) is 24.1. The van der Waals surface area contributed by atoms with Crippen molar-refractivity contribution in [2.45, 2.75) is 19.4 Å². The van der Waals surface area contributed by atoms with Gasteiger partial charge in [0.05, 0.1) is 23.1 Å². The van der Waals surface area contributed by atoms with Crippen LogP contribution >= 0.6 is 11.3 Å². The third-order valence-electron chi connectivity index (χ3n) is 5.09. The predicted molar refractivity (Wildman–Crippen MR) is 122 cm³/mol. The zero-order chi connectivity index (χ0) is 23.5. The number of hydrogen-bond donors (Lipinski definition) is 1. The van der Waals surface area contributed by atoms with E-state index in [1.54, 1.807) is 29.6 Å².